The summed E-state index contributed by atoms with van der Waals surface area (Å²) in [4.78, 5) is 13.3. The third-order valence-corrected chi connectivity index (χ3v) is 2.86. The number of fused-ring (bicyclic) bond motifs is 1. The minimum atomic E-state index is -0.164. The molecule has 1 N–H and O–H groups in total. The lowest BCUT2D eigenvalue weighted by molar-refractivity contribution is -0.136. The van der Waals surface area contributed by atoms with Crippen LogP contribution in [0.4, 0.5) is 0 Å². The summed E-state index contributed by atoms with van der Waals surface area (Å²) in [6, 6.07) is 0.437. The van der Waals surface area contributed by atoms with E-state index in [0.29, 0.717) is 12.5 Å². The van der Waals surface area contributed by atoms with Crippen LogP contribution < -0.4 is 0 Å². The van der Waals surface area contributed by atoms with Gasteiger partial charge >= 0.3 is 0 Å². The Bertz CT molecular complexity index is 181. The highest BCUT2D eigenvalue weighted by Gasteiger charge is 2.40. The molecule has 2 unspecified atom stereocenters. The minimum absolute atomic E-state index is 0.00926. The van der Waals surface area contributed by atoms with E-state index in [0.717, 1.165) is 13.0 Å². The maximum absolute atomic E-state index is 11.2. The fraction of sp³-hybridized carbons (Fsp3) is 0.875. The second-order valence-electron chi connectivity index (χ2n) is 3.38. The number of carbonyl (C=O) groups excluding carboxylic acids is 1. The quantitative estimate of drug-likeness (QED) is 0.569. The van der Waals surface area contributed by atoms with Crippen LogP contribution in [0.25, 0.3) is 0 Å². The molecule has 2 rings (SSSR count). The first-order valence-corrected chi connectivity index (χ1v) is 4.22. The van der Waals surface area contributed by atoms with E-state index in [9.17, 15) is 4.79 Å². The summed E-state index contributed by atoms with van der Waals surface area (Å²) in [5.41, 5.74) is 0. The lowest BCUT2D eigenvalue weighted by Crippen LogP contribution is -2.60. The standard InChI is InChI=1S/C8H13NO2/c10-5-7-8(11)2-1-6-3-4-9(6)7/h6-7,10H,1-5H2. The van der Waals surface area contributed by atoms with E-state index in [1.165, 1.54) is 6.42 Å². The van der Waals surface area contributed by atoms with Crippen molar-refractivity contribution in [2.24, 2.45) is 0 Å². The highest BCUT2D eigenvalue weighted by molar-refractivity contribution is 5.85. The Balaban J connectivity index is 2.07. The van der Waals surface area contributed by atoms with Gasteiger partial charge in [0, 0.05) is 19.0 Å². The molecule has 0 aromatic rings. The molecule has 11 heavy (non-hydrogen) atoms. The molecule has 2 aliphatic heterocycles. The maximum atomic E-state index is 11.2. The van der Waals surface area contributed by atoms with Crippen molar-refractivity contribution < 1.29 is 9.90 Å². The van der Waals surface area contributed by atoms with Crippen LogP contribution in [-0.4, -0.2) is 41.0 Å². The second kappa shape index (κ2) is 2.57. The molecule has 2 aliphatic rings. The molecule has 2 saturated heterocycles. The van der Waals surface area contributed by atoms with Crippen LogP contribution in [0.5, 0.6) is 0 Å². The summed E-state index contributed by atoms with van der Waals surface area (Å²) in [6.07, 6.45) is 2.89. The molecule has 0 radical (unpaired) electrons. The average molecular weight is 155 g/mol. The molecule has 2 heterocycles. The molecule has 0 aromatic carbocycles. The molecule has 0 aliphatic carbocycles. The zero-order valence-corrected chi connectivity index (χ0v) is 6.49. The maximum Gasteiger partial charge on any atom is 0.152 e. The monoisotopic (exact) mass is 155 g/mol. The number of aliphatic hydroxyl groups is 1. The van der Waals surface area contributed by atoms with Crippen molar-refractivity contribution in [2.75, 3.05) is 13.2 Å². The zero-order chi connectivity index (χ0) is 7.84. The lowest BCUT2D eigenvalue weighted by atomic mass is 9.87. The van der Waals surface area contributed by atoms with Crippen molar-refractivity contribution in [1.82, 2.24) is 4.90 Å². The number of carbonyl (C=O) groups is 1. The van der Waals surface area contributed by atoms with E-state index >= 15 is 0 Å². The first-order chi connectivity index (χ1) is 5.33. The fourth-order valence-electron chi connectivity index (χ4n) is 2.05. The number of hydrogen-bond acceptors (Lipinski definition) is 3. The van der Waals surface area contributed by atoms with Crippen LogP contribution >= 0.6 is 0 Å². The number of hydrogen-bond donors (Lipinski definition) is 1. The number of Topliss-reactive ketones (excluding diaryl/α,β-unsaturated/α-hetero) is 1. The van der Waals surface area contributed by atoms with Gasteiger partial charge < -0.3 is 5.11 Å². The van der Waals surface area contributed by atoms with E-state index in [1.54, 1.807) is 0 Å². The lowest BCUT2D eigenvalue weighted by Gasteiger charge is -2.48. The number of rotatable bonds is 1. The summed E-state index contributed by atoms with van der Waals surface area (Å²) in [5, 5.41) is 8.92. The predicted octanol–water partition coefficient (Wildman–Crippen LogP) is -0.215. The van der Waals surface area contributed by atoms with Crippen LogP contribution in [0.1, 0.15) is 19.3 Å². The Kier molecular flexibility index (Phi) is 1.69. The third kappa shape index (κ3) is 0.993. The van der Waals surface area contributed by atoms with E-state index in [4.69, 9.17) is 5.11 Å². The predicted molar refractivity (Wildman–Crippen MR) is 40.2 cm³/mol. The summed E-state index contributed by atoms with van der Waals surface area (Å²) in [6.45, 7) is 1.01. The van der Waals surface area contributed by atoms with Crippen molar-refractivity contribution in [3.8, 4) is 0 Å². The van der Waals surface area contributed by atoms with Crippen LogP contribution in [0.3, 0.4) is 0 Å². The molecule has 3 nitrogen and oxygen atoms in total. The Morgan fingerprint density at radius 2 is 2.36 bits per heavy atom. The summed E-state index contributed by atoms with van der Waals surface area (Å²) in [7, 11) is 0. The van der Waals surface area contributed by atoms with Gasteiger partial charge in [-0.15, -0.1) is 0 Å². The molecule has 62 valence electrons. The largest absolute Gasteiger partial charge is 0.394 e. The van der Waals surface area contributed by atoms with Crippen molar-refractivity contribution in [3.05, 3.63) is 0 Å². The first kappa shape index (κ1) is 7.25. The molecule has 2 atom stereocenters. The molecule has 0 bridgehead atoms. The van der Waals surface area contributed by atoms with Crippen molar-refractivity contribution in [3.63, 3.8) is 0 Å². The summed E-state index contributed by atoms with van der Waals surface area (Å²) < 4.78 is 0. The number of nitrogens with zero attached hydrogens (tertiary/aromatic N) is 1. The number of aliphatic hydroxyl groups excluding tert-OH is 1. The minimum Gasteiger partial charge on any atom is -0.394 e. The third-order valence-electron chi connectivity index (χ3n) is 2.86. The van der Waals surface area contributed by atoms with E-state index in [-0.39, 0.29) is 18.4 Å². The van der Waals surface area contributed by atoms with Gasteiger partial charge in [-0.3, -0.25) is 9.69 Å². The summed E-state index contributed by atoms with van der Waals surface area (Å²) >= 11 is 0. The van der Waals surface area contributed by atoms with Crippen molar-refractivity contribution >= 4 is 5.78 Å². The number of ketones is 1. The smallest absolute Gasteiger partial charge is 0.152 e. The van der Waals surface area contributed by atoms with Crippen LogP contribution in [0.2, 0.25) is 0 Å². The van der Waals surface area contributed by atoms with Crippen LogP contribution in [0.15, 0.2) is 0 Å². The normalized spacial score (nSPS) is 38.1. The van der Waals surface area contributed by atoms with Gasteiger partial charge in [0.15, 0.2) is 5.78 Å². The van der Waals surface area contributed by atoms with Crippen molar-refractivity contribution in [1.29, 1.82) is 0 Å². The zero-order valence-electron chi connectivity index (χ0n) is 6.49. The van der Waals surface area contributed by atoms with Gasteiger partial charge in [0.2, 0.25) is 0 Å². The molecule has 0 aromatic heterocycles. The SMILES string of the molecule is O=C1CCC2CCN2C1CO. The Hall–Kier alpha value is -0.410. The Morgan fingerprint density at radius 3 is 2.82 bits per heavy atom. The Labute approximate surface area is 66.0 Å². The van der Waals surface area contributed by atoms with Crippen molar-refractivity contribution in [2.45, 2.75) is 31.3 Å². The van der Waals surface area contributed by atoms with Gasteiger partial charge in [-0.05, 0) is 12.8 Å². The molecule has 0 saturated carbocycles. The molecule has 0 amide bonds. The van der Waals surface area contributed by atoms with E-state index < -0.39 is 0 Å². The highest BCUT2D eigenvalue weighted by Crippen LogP contribution is 2.29. The van der Waals surface area contributed by atoms with Gasteiger partial charge in [0.25, 0.3) is 0 Å². The fourth-order valence-corrected chi connectivity index (χ4v) is 2.05. The highest BCUT2D eigenvalue weighted by atomic mass is 16.3. The summed E-state index contributed by atoms with van der Waals surface area (Å²) in [5.74, 6) is 0.225. The van der Waals surface area contributed by atoms with Crippen LogP contribution in [-0.2, 0) is 4.79 Å². The average Bonchev–Trinajstić information content (AvgIpc) is 1.95. The Morgan fingerprint density at radius 1 is 1.55 bits per heavy atom. The van der Waals surface area contributed by atoms with E-state index in [2.05, 4.69) is 4.90 Å². The topological polar surface area (TPSA) is 40.5 Å². The molecule has 0 spiro atoms. The van der Waals surface area contributed by atoms with Crippen LogP contribution in [0, 0.1) is 0 Å². The number of piperidine rings is 1. The van der Waals surface area contributed by atoms with Gasteiger partial charge in [0.1, 0.15) is 0 Å². The van der Waals surface area contributed by atoms with Gasteiger partial charge in [-0.25, -0.2) is 0 Å². The van der Waals surface area contributed by atoms with Gasteiger partial charge in [-0.1, -0.05) is 0 Å². The molecular formula is C8H13NO2. The second-order valence-corrected chi connectivity index (χ2v) is 3.38. The van der Waals surface area contributed by atoms with Gasteiger partial charge in [-0.2, -0.15) is 0 Å². The molecule has 3 heteroatoms. The molecular weight excluding hydrogens is 142 g/mol. The van der Waals surface area contributed by atoms with Gasteiger partial charge in [0.05, 0.1) is 12.6 Å². The molecule has 2 fully saturated rings. The first-order valence-electron chi connectivity index (χ1n) is 4.22. The van der Waals surface area contributed by atoms with E-state index in [1.807, 2.05) is 0 Å².